The molecule has 0 atom stereocenters. The van der Waals surface area contributed by atoms with Gasteiger partial charge in [-0.1, -0.05) is 0 Å². The summed E-state index contributed by atoms with van der Waals surface area (Å²) in [5.74, 6) is -1.16. The first kappa shape index (κ1) is 9.79. The summed E-state index contributed by atoms with van der Waals surface area (Å²) in [7, 11) is 1.17. The molecular formula is C7H6FNO3S. The molecule has 13 heavy (non-hydrogen) atoms. The molecule has 1 aromatic carbocycles. The lowest BCUT2D eigenvalue weighted by atomic mass is 10.3. The van der Waals surface area contributed by atoms with E-state index >= 15 is 0 Å². The smallest absolute Gasteiger partial charge is 0.315 e. The monoisotopic (exact) mass is 203 g/mol. The van der Waals surface area contributed by atoms with E-state index in [1.54, 1.807) is 0 Å². The lowest BCUT2D eigenvalue weighted by Crippen LogP contribution is -1.96. The maximum atomic E-state index is 13.0. The quantitative estimate of drug-likeness (QED) is 0.454. The van der Waals surface area contributed by atoms with Crippen molar-refractivity contribution in [3.8, 4) is 5.75 Å². The van der Waals surface area contributed by atoms with Crippen molar-refractivity contribution in [3.63, 3.8) is 0 Å². The van der Waals surface area contributed by atoms with Crippen molar-refractivity contribution in [2.24, 2.45) is 0 Å². The number of nitro benzene ring substituents is 1. The minimum absolute atomic E-state index is 0.185. The van der Waals surface area contributed by atoms with Crippen LogP contribution in [0.15, 0.2) is 17.0 Å². The largest absolute Gasteiger partial charge is 0.488 e. The Morgan fingerprint density at radius 3 is 2.69 bits per heavy atom. The molecule has 1 rings (SSSR count). The summed E-state index contributed by atoms with van der Waals surface area (Å²) in [5, 5.41) is 10.4. The van der Waals surface area contributed by atoms with Crippen molar-refractivity contribution in [3.05, 3.63) is 28.1 Å². The third-order valence-corrected chi connectivity index (χ3v) is 1.67. The molecule has 0 radical (unpaired) electrons. The molecule has 4 nitrogen and oxygen atoms in total. The average Bonchev–Trinajstić information content (AvgIpc) is 2.02. The number of hydrogen-bond acceptors (Lipinski definition) is 4. The van der Waals surface area contributed by atoms with Crippen LogP contribution in [0.2, 0.25) is 0 Å². The van der Waals surface area contributed by atoms with Crippen LogP contribution in [0.25, 0.3) is 0 Å². The summed E-state index contributed by atoms with van der Waals surface area (Å²) >= 11 is 3.80. The van der Waals surface area contributed by atoms with Crippen molar-refractivity contribution in [1.82, 2.24) is 0 Å². The Bertz CT molecular complexity index is 356. The molecule has 0 saturated carbocycles. The van der Waals surface area contributed by atoms with Crippen molar-refractivity contribution < 1.29 is 14.1 Å². The van der Waals surface area contributed by atoms with Crippen molar-refractivity contribution in [2.45, 2.75) is 4.90 Å². The van der Waals surface area contributed by atoms with E-state index in [0.717, 1.165) is 12.1 Å². The topological polar surface area (TPSA) is 52.4 Å². The fraction of sp³-hybridized carbons (Fsp3) is 0.143. The molecule has 0 aliphatic carbocycles. The number of methoxy groups -OCH3 is 1. The van der Waals surface area contributed by atoms with Crippen LogP contribution in [0.1, 0.15) is 0 Å². The molecule has 0 aromatic heterocycles. The summed E-state index contributed by atoms with van der Waals surface area (Å²) in [4.78, 5) is 9.87. The highest BCUT2D eigenvalue weighted by molar-refractivity contribution is 7.80. The highest BCUT2D eigenvalue weighted by Gasteiger charge is 2.19. The summed E-state index contributed by atoms with van der Waals surface area (Å²) < 4.78 is 17.5. The van der Waals surface area contributed by atoms with Crippen LogP contribution in [0.3, 0.4) is 0 Å². The van der Waals surface area contributed by atoms with Crippen molar-refractivity contribution >= 4 is 18.3 Å². The van der Waals surface area contributed by atoms with Gasteiger partial charge in [-0.25, -0.2) is 4.39 Å². The fourth-order valence-corrected chi connectivity index (χ4v) is 1.14. The Labute approximate surface area is 78.9 Å². The lowest BCUT2D eigenvalue weighted by Gasteiger charge is -2.02. The number of benzene rings is 1. The SMILES string of the molecule is COc1c(F)cc(S)cc1[N+](=O)[O-]. The Morgan fingerprint density at radius 2 is 2.23 bits per heavy atom. The molecule has 0 aliphatic heterocycles. The van der Waals surface area contributed by atoms with Crippen molar-refractivity contribution in [1.29, 1.82) is 0 Å². The predicted octanol–water partition coefficient (Wildman–Crippen LogP) is 2.03. The van der Waals surface area contributed by atoms with Gasteiger partial charge in [0.25, 0.3) is 0 Å². The molecule has 0 spiro atoms. The second-order valence-corrected chi connectivity index (χ2v) is 2.75. The molecule has 1 aromatic rings. The van der Waals surface area contributed by atoms with Crippen molar-refractivity contribution in [2.75, 3.05) is 7.11 Å². The van der Waals surface area contributed by atoms with Crippen LogP contribution >= 0.6 is 12.6 Å². The average molecular weight is 203 g/mol. The third kappa shape index (κ3) is 1.89. The minimum atomic E-state index is -0.790. The first-order valence-corrected chi connectivity index (χ1v) is 3.72. The van der Waals surface area contributed by atoms with Gasteiger partial charge in [-0.15, -0.1) is 12.6 Å². The first-order chi connectivity index (χ1) is 6.06. The number of halogens is 1. The Kier molecular flexibility index (Phi) is 2.72. The molecule has 0 N–H and O–H groups in total. The molecule has 0 bridgehead atoms. The molecule has 0 fully saturated rings. The van der Waals surface area contributed by atoms with Gasteiger partial charge in [0, 0.05) is 11.0 Å². The molecule has 0 heterocycles. The van der Waals surface area contributed by atoms with E-state index in [0.29, 0.717) is 0 Å². The van der Waals surface area contributed by atoms with Crippen LogP contribution in [0.5, 0.6) is 5.75 Å². The molecule has 0 unspecified atom stereocenters. The van der Waals surface area contributed by atoms with Gasteiger partial charge in [-0.05, 0) is 6.07 Å². The lowest BCUT2D eigenvalue weighted by molar-refractivity contribution is -0.386. The fourth-order valence-electron chi connectivity index (χ4n) is 0.903. The summed E-state index contributed by atoms with van der Waals surface area (Å²) in [6, 6.07) is 2.18. The maximum Gasteiger partial charge on any atom is 0.315 e. The summed E-state index contributed by atoms with van der Waals surface area (Å²) in [5.41, 5.74) is -0.424. The van der Waals surface area contributed by atoms with E-state index in [2.05, 4.69) is 17.4 Å². The van der Waals surface area contributed by atoms with Crippen LogP contribution in [0.4, 0.5) is 10.1 Å². The molecule has 6 heteroatoms. The molecule has 0 saturated heterocycles. The third-order valence-electron chi connectivity index (χ3n) is 1.41. The number of ether oxygens (including phenoxy) is 1. The summed E-state index contributed by atoms with van der Waals surface area (Å²) in [6.45, 7) is 0. The van der Waals surface area contributed by atoms with Gasteiger partial charge in [0.05, 0.1) is 12.0 Å². The Morgan fingerprint density at radius 1 is 1.62 bits per heavy atom. The number of nitrogens with zero attached hydrogens (tertiary/aromatic N) is 1. The highest BCUT2D eigenvalue weighted by atomic mass is 32.1. The van der Waals surface area contributed by atoms with Crippen LogP contribution in [0, 0.1) is 15.9 Å². The van der Waals surface area contributed by atoms with Gasteiger partial charge >= 0.3 is 5.69 Å². The number of hydrogen-bond donors (Lipinski definition) is 1. The van der Waals surface area contributed by atoms with Gasteiger partial charge in [0.15, 0.2) is 5.82 Å². The first-order valence-electron chi connectivity index (χ1n) is 3.27. The van der Waals surface area contributed by atoms with Gasteiger partial charge in [0.2, 0.25) is 5.75 Å². The normalized spacial score (nSPS) is 9.77. The van der Waals surface area contributed by atoms with Gasteiger partial charge in [-0.3, -0.25) is 10.1 Å². The van der Waals surface area contributed by atoms with Crippen LogP contribution in [-0.4, -0.2) is 12.0 Å². The zero-order valence-corrected chi connectivity index (χ0v) is 7.55. The minimum Gasteiger partial charge on any atom is -0.488 e. The van der Waals surface area contributed by atoms with E-state index < -0.39 is 16.4 Å². The van der Waals surface area contributed by atoms with E-state index in [-0.39, 0.29) is 10.6 Å². The van der Waals surface area contributed by atoms with E-state index in [4.69, 9.17) is 0 Å². The predicted molar refractivity (Wildman–Crippen MR) is 46.9 cm³/mol. The van der Waals surface area contributed by atoms with Gasteiger partial charge in [0.1, 0.15) is 0 Å². The van der Waals surface area contributed by atoms with E-state index in [9.17, 15) is 14.5 Å². The molecular weight excluding hydrogens is 197 g/mol. The molecule has 0 amide bonds. The molecule has 70 valence electrons. The number of rotatable bonds is 2. The second kappa shape index (κ2) is 3.61. The number of thiol groups is 1. The van der Waals surface area contributed by atoms with Gasteiger partial charge in [-0.2, -0.15) is 0 Å². The zero-order valence-electron chi connectivity index (χ0n) is 6.65. The molecule has 0 aliphatic rings. The van der Waals surface area contributed by atoms with Crippen LogP contribution < -0.4 is 4.74 Å². The maximum absolute atomic E-state index is 13.0. The Balaban J connectivity index is 3.38. The van der Waals surface area contributed by atoms with Gasteiger partial charge < -0.3 is 4.74 Å². The van der Waals surface area contributed by atoms with E-state index in [1.165, 1.54) is 7.11 Å². The second-order valence-electron chi connectivity index (χ2n) is 2.24. The summed E-state index contributed by atoms with van der Waals surface area (Å²) in [6.07, 6.45) is 0. The standard InChI is InChI=1S/C7H6FNO3S/c1-12-7-5(8)2-4(13)3-6(7)9(10)11/h2-3,13H,1H3. The Hall–Kier alpha value is -1.30. The number of nitro groups is 1. The zero-order chi connectivity index (χ0) is 10.0. The van der Waals surface area contributed by atoms with E-state index in [1.807, 2.05) is 0 Å². The van der Waals surface area contributed by atoms with Crippen LogP contribution in [-0.2, 0) is 0 Å². The highest BCUT2D eigenvalue weighted by Crippen LogP contribution is 2.32.